The predicted molar refractivity (Wildman–Crippen MR) is 86.9 cm³/mol. The zero-order valence-corrected chi connectivity index (χ0v) is 13.9. The Hall–Kier alpha value is -1.80. The molecule has 1 aromatic rings. The molecule has 0 unspecified atom stereocenters. The number of nitrogens with zero attached hydrogens (tertiary/aromatic N) is 1. The minimum absolute atomic E-state index is 0.00381. The number of hydrogen-bond donors (Lipinski definition) is 2. The number of rotatable bonds is 4. The number of carbonyl (C=O) groups excluding carboxylic acids is 1. The first-order valence-electron chi connectivity index (χ1n) is 8.57. The number of likely N-dealkylation sites (tertiary alicyclic amines) is 1. The highest BCUT2D eigenvalue weighted by Gasteiger charge is 2.24. The molecule has 2 amide bonds. The fourth-order valence-corrected chi connectivity index (χ4v) is 3.32. The molecule has 2 fully saturated rings. The Morgan fingerprint density at radius 3 is 2.44 bits per heavy atom. The Bertz CT molecular complexity index is 592. The van der Waals surface area contributed by atoms with Crippen LogP contribution in [-0.4, -0.2) is 49.3 Å². The van der Waals surface area contributed by atoms with Crippen LogP contribution >= 0.6 is 0 Å². The molecule has 3 rings (SSSR count). The smallest absolute Gasteiger partial charge is 0.319 e. The Kier molecular flexibility index (Phi) is 5.80. The second-order valence-electron chi connectivity index (χ2n) is 6.56. The maximum Gasteiger partial charge on any atom is 0.319 e. The maximum absolute atomic E-state index is 13.2. The van der Waals surface area contributed by atoms with Crippen LogP contribution in [0.4, 0.5) is 23.7 Å². The topological polar surface area (TPSA) is 53.6 Å². The highest BCUT2D eigenvalue weighted by Crippen LogP contribution is 2.19. The number of anilines is 1. The number of benzene rings is 1. The van der Waals surface area contributed by atoms with Crippen LogP contribution in [0.3, 0.4) is 0 Å². The van der Waals surface area contributed by atoms with E-state index >= 15 is 0 Å². The molecule has 138 valence electrons. The van der Waals surface area contributed by atoms with Crippen LogP contribution in [0.2, 0.25) is 0 Å². The normalized spacial score (nSPS) is 22.1. The van der Waals surface area contributed by atoms with Crippen molar-refractivity contribution >= 4 is 11.7 Å². The molecule has 1 atom stereocenters. The van der Waals surface area contributed by atoms with Gasteiger partial charge in [-0.15, -0.1) is 0 Å². The van der Waals surface area contributed by atoms with Gasteiger partial charge < -0.3 is 20.3 Å². The molecule has 2 aliphatic heterocycles. The van der Waals surface area contributed by atoms with E-state index in [1.54, 1.807) is 0 Å². The molecule has 25 heavy (non-hydrogen) atoms. The third kappa shape index (κ3) is 4.85. The van der Waals surface area contributed by atoms with Crippen molar-refractivity contribution in [3.05, 3.63) is 29.6 Å². The molecule has 1 aromatic carbocycles. The second kappa shape index (κ2) is 8.05. The lowest BCUT2D eigenvalue weighted by molar-refractivity contribution is 0.0633. The minimum Gasteiger partial charge on any atom is -0.377 e. The molecule has 5 nitrogen and oxygen atoms in total. The van der Waals surface area contributed by atoms with Gasteiger partial charge in [0.05, 0.1) is 6.10 Å². The number of nitrogens with one attached hydrogen (secondary N) is 2. The lowest BCUT2D eigenvalue weighted by atomic mass is 10.0. The van der Waals surface area contributed by atoms with Crippen molar-refractivity contribution in [3.63, 3.8) is 0 Å². The van der Waals surface area contributed by atoms with Crippen molar-refractivity contribution in [1.82, 2.24) is 10.2 Å². The van der Waals surface area contributed by atoms with Gasteiger partial charge in [0.1, 0.15) is 0 Å². The molecule has 0 spiro atoms. The Labute approximate surface area is 144 Å². The van der Waals surface area contributed by atoms with Crippen molar-refractivity contribution in [2.45, 2.75) is 37.8 Å². The van der Waals surface area contributed by atoms with Gasteiger partial charge in [-0.3, -0.25) is 0 Å². The van der Waals surface area contributed by atoms with Crippen molar-refractivity contribution < 1.29 is 22.7 Å². The molecule has 8 heteroatoms. The first-order chi connectivity index (χ1) is 12.0. The number of amides is 2. The summed E-state index contributed by atoms with van der Waals surface area (Å²) in [6.45, 7) is 3.50. The summed E-state index contributed by atoms with van der Waals surface area (Å²) in [6.07, 6.45) is 4.13. The lowest BCUT2D eigenvalue weighted by Crippen LogP contribution is -2.47. The van der Waals surface area contributed by atoms with Gasteiger partial charge in [0, 0.05) is 50.1 Å². The first kappa shape index (κ1) is 18.0. The Balaban J connectivity index is 1.43. The molecule has 0 aliphatic carbocycles. The zero-order valence-electron chi connectivity index (χ0n) is 13.9. The fourth-order valence-electron chi connectivity index (χ4n) is 3.32. The van der Waals surface area contributed by atoms with Gasteiger partial charge in [0.2, 0.25) is 0 Å². The SMILES string of the molecule is O=C(Nc1cc(F)c(F)c(F)c1)NC1CCN(C[C@H]2CCCO2)CC1. The maximum atomic E-state index is 13.2. The quantitative estimate of drug-likeness (QED) is 0.815. The molecule has 2 N–H and O–H groups in total. The summed E-state index contributed by atoms with van der Waals surface area (Å²) in [6, 6.07) is 0.948. The molecule has 2 heterocycles. The van der Waals surface area contributed by atoms with Gasteiger partial charge in [-0.25, -0.2) is 18.0 Å². The summed E-state index contributed by atoms with van der Waals surface area (Å²) >= 11 is 0. The van der Waals surface area contributed by atoms with Gasteiger partial charge >= 0.3 is 6.03 Å². The monoisotopic (exact) mass is 357 g/mol. The number of piperidine rings is 1. The summed E-state index contributed by atoms with van der Waals surface area (Å²) in [7, 11) is 0. The molecule has 0 aromatic heterocycles. The van der Waals surface area contributed by atoms with Crippen LogP contribution in [0.5, 0.6) is 0 Å². The summed E-state index contributed by atoms with van der Waals surface area (Å²) < 4.78 is 44.9. The number of ether oxygens (including phenoxy) is 1. The molecular weight excluding hydrogens is 335 g/mol. The van der Waals surface area contributed by atoms with Crippen molar-refractivity contribution in [2.75, 3.05) is 31.6 Å². The van der Waals surface area contributed by atoms with Gasteiger partial charge in [0.15, 0.2) is 17.5 Å². The van der Waals surface area contributed by atoms with Crippen LogP contribution in [0.15, 0.2) is 12.1 Å². The highest BCUT2D eigenvalue weighted by atomic mass is 19.2. The zero-order chi connectivity index (χ0) is 17.8. The van der Waals surface area contributed by atoms with Crippen molar-refractivity contribution in [1.29, 1.82) is 0 Å². The summed E-state index contributed by atoms with van der Waals surface area (Å²) in [4.78, 5) is 14.3. The fraction of sp³-hybridized carbons (Fsp3) is 0.588. The summed E-state index contributed by atoms with van der Waals surface area (Å²) in [5, 5.41) is 5.13. The molecule has 0 bridgehead atoms. The average Bonchev–Trinajstić information content (AvgIpc) is 3.07. The number of halogens is 3. The standard InChI is InChI=1S/C17H22F3N3O2/c18-14-8-12(9-15(19)16(14)20)22-17(24)21-11-3-5-23(6-4-11)10-13-2-1-7-25-13/h8-9,11,13H,1-7,10H2,(H2,21,22,24)/t13-/m1/s1. The van der Waals surface area contributed by atoms with E-state index in [1.807, 2.05) is 0 Å². The van der Waals surface area contributed by atoms with Crippen LogP contribution in [0, 0.1) is 17.5 Å². The second-order valence-corrected chi connectivity index (χ2v) is 6.56. The Morgan fingerprint density at radius 1 is 1.16 bits per heavy atom. The van der Waals surface area contributed by atoms with Crippen LogP contribution in [0.1, 0.15) is 25.7 Å². The highest BCUT2D eigenvalue weighted by molar-refractivity contribution is 5.89. The molecule has 0 saturated carbocycles. The van der Waals surface area contributed by atoms with E-state index in [2.05, 4.69) is 15.5 Å². The van der Waals surface area contributed by atoms with E-state index < -0.39 is 23.5 Å². The van der Waals surface area contributed by atoms with Crippen LogP contribution in [0.25, 0.3) is 0 Å². The van der Waals surface area contributed by atoms with Crippen LogP contribution in [-0.2, 0) is 4.74 Å². The van der Waals surface area contributed by atoms with Gasteiger partial charge in [-0.2, -0.15) is 0 Å². The summed E-state index contributed by atoms with van der Waals surface area (Å²) in [5.74, 6) is -4.22. The van der Waals surface area contributed by atoms with Gasteiger partial charge in [-0.05, 0) is 25.7 Å². The molecule has 2 aliphatic rings. The third-order valence-corrected chi connectivity index (χ3v) is 4.65. The van der Waals surface area contributed by atoms with E-state index in [0.717, 1.165) is 64.1 Å². The van der Waals surface area contributed by atoms with Crippen molar-refractivity contribution in [2.24, 2.45) is 0 Å². The minimum atomic E-state index is -1.55. The number of urea groups is 1. The average molecular weight is 357 g/mol. The largest absolute Gasteiger partial charge is 0.377 e. The Morgan fingerprint density at radius 2 is 1.84 bits per heavy atom. The number of carbonyl (C=O) groups is 1. The van der Waals surface area contributed by atoms with E-state index in [4.69, 9.17) is 4.74 Å². The van der Waals surface area contributed by atoms with Gasteiger partial charge in [-0.1, -0.05) is 0 Å². The summed E-state index contributed by atoms with van der Waals surface area (Å²) in [5.41, 5.74) is -0.121. The van der Waals surface area contributed by atoms with E-state index in [0.29, 0.717) is 6.10 Å². The van der Waals surface area contributed by atoms with E-state index in [-0.39, 0.29) is 11.7 Å². The number of hydrogen-bond acceptors (Lipinski definition) is 3. The van der Waals surface area contributed by atoms with E-state index in [1.165, 1.54) is 0 Å². The van der Waals surface area contributed by atoms with E-state index in [9.17, 15) is 18.0 Å². The molecule has 2 saturated heterocycles. The first-order valence-corrected chi connectivity index (χ1v) is 8.57. The molecular formula is C17H22F3N3O2. The van der Waals surface area contributed by atoms with Crippen LogP contribution < -0.4 is 10.6 Å². The predicted octanol–water partition coefficient (Wildman–Crippen LogP) is 2.87. The molecule has 0 radical (unpaired) electrons. The van der Waals surface area contributed by atoms with Gasteiger partial charge in [0.25, 0.3) is 0 Å². The van der Waals surface area contributed by atoms with Crippen molar-refractivity contribution in [3.8, 4) is 0 Å². The third-order valence-electron chi connectivity index (χ3n) is 4.65. The lowest BCUT2D eigenvalue weighted by Gasteiger charge is -2.33.